The van der Waals surface area contributed by atoms with Crippen LogP contribution in [0.25, 0.3) is 11.0 Å². The number of carbonyl (C=O) groups is 1. The molecule has 0 unspecified atom stereocenters. The molecule has 0 saturated carbocycles. The minimum Gasteiger partial charge on any atom is -0.477 e. The zero-order valence-electron chi connectivity index (χ0n) is 7.34. The summed E-state index contributed by atoms with van der Waals surface area (Å²) >= 11 is 3.29. The van der Waals surface area contributed by atoms with Crippen molar-refractivity contribution in [2.45, 2.75) is 6.92 Å². The molecular weight excluding hydrogens is 248 g/mol. The van der Waals surface area contributed by atoms with Crippen molar-refractivity contribution in [1.29, 1.82) is 0 Å². The molecular formula is C9H7BrN2O2. The average molecular weight is 255 g/mol. The van der Waals surface area contributed by atoms with Crippen molar-refractivity contribution in [2.24, 2.45) is 0 Å². The summed E-state index contributed by atoms with van der Waals surface area (Å²) in [6.07, 6.45) is 0. The van der Waals surface area contributed by atoms with Crippen LogP contribution in [0.1, 0.15) is 16.1 Å². The van der Waals surface area contributed by atoms with E-state index in [1.165, 1.54) is 6.07 Å². The minimum atomic E-state index is -0.975. The molecule has 0 saturated heterocycles. The van der Waals surface area contributed by atoms with E-state index in [2.05, 4.69) is 25.9 Å². The van der Waals surface area contributed by atoms with Crippen molar-refractivity contribution in [2.75, 3.05) is 0 Å². The van der Waals surface area contributed by atoms with Crippen LogP contribution in [0.4, 0.5) is 0 Å². The van der Waals surface area contributed by atoms with Crippen molar-refractivity contribution >= 4 is 32.9 Å². The number of rotatable bonds is 1. The number of fused-ring (bicyclic) bond motifs is 1. The summed E-state index contributed by atoms with van der Waals surface area (Å²) in [5, 5.41) is 8.75. The van der Waals surface area contributed by atoms with E-state index in [1.54, 1.807) is 0 Å². The first-order valence-electron chi connectivity index (χ1n) is 3.97. The molecule has 2 rings (SSSR count). The lowest BCUT2D eigenvalue weighted by Crippen LogP contribution is -1.94. The van der Waals surface area contributed by atoms with Gasteiger partial charge in [-0.3, -0.25) is 0 Å². The molecule has 0 atom stereocenters. The number of hydrogen-bond acceptors (Lipinski definition) is 2. The van der Waals surface area contributed by atoms with Crippen molar-refractivity contribution in [3.63, 3.8) is 0 Å². The lowest BCUT2D eigenvalue weighted by atomic mass is 10.3. The van der Waals surface area contributed by atoms with Crippen LogP contribution in [0, 0.1) is 6.92 Å². The quantitative estimate of drug-likeness (QED) is 0.768. The molecule has 4 nitrogen and oxygen atoms in total. The van der Waals surface area contributed by atoms with E-state index in [4.69, 9.17) is 5.11 Å². The number of aromatic amines is 1. The topological polar surface area (TPSA) is 66.0 Å². The van der Waals surface area contributed by atoms with Crippen LogP contribution in [-0.2, 0) is 0 Å². The number of hydrogen-bond donors (Lipinski definition) is 2. The Bertz CT molecular complexity index is 480. The third kappa shape index (κ3) is 1.39. The summed E-state index contributed by atoms with van der Waals surface area (Å²) in [6, 6.07) is 3.38. The fourth-order valence-corrected chi connectivity index (χ4v) is 1.55. The molecule has 2 aromatic rings. The highest BCUT2D eigenvalue weighted by atomic mass is 79.9. The van der Waals surface area contributed by atoms with Crippen molar-refractivity contribution in [3.8, 4) is 0 Å². The Hall–Kier alpha value is -1.36. The summed E-state index contributed by atoms with van der Waals surface area (Å²) in [5.41, 5.74) is 2.52. The summed E-state index contributed by atoms with van der Waals surface area (Å²) in [6.45, 7) is 1.90. The number of aromatic nitrogens is 2. The predicted molar refractivity (Wildman–Crippen MR) is 55.5 cm³/mol. The fourth-order valence-electron chi connectivity index (χ4n) is 1.25. The van der Waals surface area contributed by atoms with Gasteiger partial charge in [-0.05, 0) is 40.5 Å². The van der Waals surface area contributed by atoms with Crippen LogP contribution >= 0.6 is 15.9 Å². The molecule has 0 bridgehead atoms. The van der Waals surface area contributed by atoms with E-state index in [-0.39, 0.29) is 5.69 Å². The molecule has 0 aliphatic heterocycles. The van der Waals surface area contributed by atoms with Crippen LogP contribution in [0.5, 0.6) is 0 Å². The summed E-state index contributed by atoms with van der Waals surface area (Å²) in [5.74, 6) is -0.975. The van der Waals surface area contributed by atoms with Crippen LogP contribution in [0.3, 0.4) is 0 Å². The van der Waals surface area contributed by atoms with E-state index in [9.17, 15) is 4.79 Å². The number of H-pyrrole nitrogens is 1. The highest BCUT2D eigenvalue weighted by Crippen LogP contribution is 2.20. The van der Waals surface area contributed by atoms with Gasteiger partial charge in [-0.25, -0.2) is 9.78 Å². The molecule has 0 radical (unpaired) electrons. The Labute approximate surface area is 88.1 Å². The smallest absolute Gasteiger partial charge is 0.352 e. The number of halogens is 1. The van der Waals surface area contributed by atoms with Gasteiger partial charge >= 0.3 is 5.97 Å². The number of nitrogens with zero attached hydrogens (tertiary/aromatic N) is 1. The molecule has 2 N–H and O–H groups in total. The van der Waals surface area contributed by atoms with Gasteiger partial charge in [0.15, 0.2) is 0 Å². The van der Waals surface area contributed by atoms with Gasteiger partial charge in [0.25, 0.3) is 0 Å². The van der Waals surface area contributed by atoms with Gasteiger partial charge in [0.2, 0.25) is 0 Å². The highest BCUT2D eigenvalue weighted by molar-refractivity contribution is 9.10. The first kappa shape index (κ1) is 9.21. The lowest BCUT2D eigenvalue weighted by Gasteiger charge is -1.95. The number of pyridine rings is 1. The molecule has 0 fully saturated rings. The number of aryl methyl sites for hydroxylation is 1. The van der Waals surface area contributed by atoms with Crippen molar-refractivity contribution < 1.29 is 9.90 Å². The molecule has 2 heterocycles. The first-order chi connectivity index (χ1) is 6.58. The Kier molecular flexibility index (Phi) is 2.03. The zero-order chi connectivity index (χ0) is 10.3. The average Bonchev–Trinajstić information content (AvgIpc) is 2.48. The van der Waals surface area contributed by atoms with E-state index in [0.717, 1.165) is 15.7 Å². The molecule has 0 aromatic carbocycles. The standard InChI is InChI=1S/C9H7BrN2O2/c1-4-2-5-6(12-8(4)10)3-7(11-5)9(13)14/h2-3,11H,1H3,(H,13,14). The number of carboxylic acid groups (broad SMARTS) is 1. The normalized spacial score (nSPS) is 10.7. The Balaban J connectivity index is 2.72. The van der Waals surface area contributed by atoms with Crippen LogP contribution in [0.15, 0.2) is 16.7 Å². The van der Waals surface area contributed by atoms with E-state index in [0.29, 0.717) is 5.52 Å². The van der Waals surface area contributed by atoms with Crippen molar-refractivity contribution in [3.05, 3.63) is 28.0 Å². The van der Waals surface area contributed by atoms with Gasteiger partial charge in [-0.1, -0.05) is 0 Å². The van der Waals surface area contributed by atoms with Gasteiger partial charge in [-0.15, -0.1) is 0 Å². The largest absolute Gasteiger partial charge is 0.477 e. The van der Waals surface area contributed by atoms with Crippen LogP contribution in [0.2, 0.25) is 0 Å². The molecule has 14 heavy (non-hydrogen) atoms. The monoisotopic (exact) mass is 254 g/mol. The third-order valence-electron chi connectivity index (χ3n) is 1.96. The predicted octanol–water partition coefficient (Wildman–Crippen LogP) is 2.33. The third-order valence-corrected chi connectivity index (χ3v) is 2.76. The zero-order valence-corrected chi connectivity index (χ0v) is 8.92. The summed E-state index contributed by atoms with van der Waals surface area (Å²) < 4.78 is 0.737. The maximum atomic E-state index is 10.7. The molecule has 0 aliphatic carbocycles. The van der Waals surface area contributed by atoms with Crippen LogP contribution < -0.4 is 0 Å². The van der Waals surface area contributed by atoms with Gasteiger partial charge in [0, 0.05) is 0 Å². The van der Waals surface area contributed by atoms with E-state index >= 15 is 0 Å². The van der Waals surface area contributed by atoms with Gasteiger partial charge in [-0.2, -0.15) is 0 Å². The SMILES string of the molecule is Cc1cc2[nH]c(C(=O)O)cc2nc1Br. The maximum absolute atomic E-state index is 10.7. The second kappa shape index (κ2) is 3.09. The van der Waals surface area contributed by atoms with E-state index < -0.39 is 5.97 Å². The molecule has 2 aromatic heterocycles. The second-order valence-corrected chi connectivity index (χ2v) is 3.77. The van der Waals surface area contributed by atoms with Crippen LogP contribution in [-0.4, -0.2) is 21.0 Å². The highest BCUT2D eigenvalue weighted by Gasteiger charge is 2.09. The second-order valence-electron chi connectivity index (χ2n) is 3.02. The molecule has 72 valence electrons. The fraction of sp³-hybridized carbons (Fsp3) is 0.111. The minimum absolute atomic E-state index is 0.157. The molecule has 0 amide bonds. The molecule has 5 heteroatoms. The Morgan fingerprint density at radius 2 is 2.29 bits per heavy atom. The Morgan fingerprint density at radius 1 is 1.57 bits per heavy atom. The number of aromatic carboxylic acids is 1. The van der Waals surface area contributed by atoms with E-state index in [1.807, 2.05) is 13.0 Å². The number of nitrogens with one attached hydrogen (secondary N) is 1. The van der Waals surface area contributed by atoms with Gasteiger partial charge in [0.1, 0.15) is 10.3 Å². The van der Waals surface area contributed by atoms with Gasteiger partial charge < -0.3 is 10.1 Å². The maximum Gasteiger partial charge on any atom is 0.352 e. The summed E-state index contributed by atoms with van der Waals surface area (Å²) in [7, 11) is 0. The summed E-state index contributed by atoms with van der Waals surface area (Å²) in [4.78, 5) is 17.7. The lowest BCUT2D eigenvalue weighted by molar-refractivity contribution is 0.0691. The van der Waals surface area contributed by atoms with Crippen molar-refractivity contribution in [1.82, 2.24) is 9.97 Å². The Morgan fingerprint density at radius 3 is 2.93 bits per heavy atom. The number of carboxylic acids is 1. The molecule has 0 spiro atoms. The molecule has 0 aliphatic rings. The van der Waals surface area contributed by atoms with Gasteiger partial charge in [0.05, 0.1) is 11.0 Å². The first-order valence-corrected chi connectivity index (χ1v) is 4.76.